The van der Waals surface area contributed by atoms with Gasteiger partial charge in [0.25, 0.3) is 0 Å². The van der Waals surface area contributed by atoms with Crippen molar-refractivity contribution in [2.45, 2.75) is 70.9 Å². The Bertz CT molecular complexity index is 709. The first-order valence-electron chi connectivity index (χ1n) is 10.6. The molecule has 1 N–H and O–H groups in total. The number of benzene rings is 1. The molecule has 0 saturated carbocycles. The normalized spacial score (nSPS) is 22.8. The molecule has 2 heterocycles. The van der Waals surface area contributed by atoms with Crippen molar-refractivity contribution in [3.63, 3.8) is 0 Å². The smallest absolute Gasteiger partial charge is 0.243 e. The lowest BCUT2D eigenvalue weighted by molar-refractivity contribution is -0.142. The molecule has 2 aliphatic heterocycles. The molecule has 5 nitrogen and oxygen atoms in total. The molecule has 2 amide bonds. The van der Waals surface area contributed by atoms with Crippen molar-refractivity contribution in [3.8, 4) is 0 Å². The molecular weight excluding hydrogens is 357 g/mol. The molecule has 28 heavy (non-hydrogen) atoms. The van der Waals surface area contributed by atoms with E-state index in [0.29, 0.717) is 25.2 Å². The van der Waals surface area contributed by atoms with Gasteiger partial charge in [-0.3, -0.25) is 9.59 Å². The van der Waals surface area contributed by atoms with Gasteiger partial charge in [0, 0.05) is 32.1 Å². The van der Waals surface area contributed by atoms with Crippen LogP contribution in [0.25, 0.3) is 0 Å². The summed E-state index contributed by atoms with van der Waals surface area (Å²) in [6, 6.07) is 4.76. The zero-order valence-electron chi connectivity index (χ0n) is 17.0. The van der Waals surface area contributed by atoms with Gasteiger partial charge in [-0.1, -0.05) is 13.0 Å². The third kappa shape index (κ3) is 4.83. The average Bonchev–Trinajstić information content (AvgIpc) is 2.70. The molecule has 0 bridgehead atoms. The SMILES string of the molecule is CCCC(=O)N1CCCCC1C(=O)NC1CCCN(c2cc(C)ccc2F)C1. The lowest BCUT2D eigenvalue weighted by atomic mass is 9.99. The van der Waals surface area contributed by atoms with Crippen molar-refractivity contribution in [2.24, 2.45) is 0 Å². The van der Waals surface area contributed by atoms with Crippen LogP contribution in [-0.2, 0) is 9.59 Å². The van der Waals surface area contributed by atoms with Gasteiger partial charge in [0.2, 0.25) is 11.8 Å². The number of anilines is 1. The Kier molecular flexibility index (Phi) is 6.92. The van der Waals surface area contributed by atoms with Gasteiger partial charge in [-0.05, 0) is 63.1 Å². The van der Waals surface area contributed by atoms with Crippen LogP contribution < -0.4 is 10.2 Å². The quantitative estimate of drug-likeness (QED) is 0.840. The monoisotopic (exact) mass is 389 g/mol. The molecule has 6 heteroatoms. The van der Waals surface area contributed by atoms with Crippen molar-refractivity contribution in [2.75, 3.05) is 24.5 Å². The number of rotatable bonds is 5. The van der Waals surface area contributed by atoms with Crippen LogP contribution in [0.5, 0.6) is 0 Å². The minimum atomic E-state index is -0.362. The fourth-order valence-electron chi connectivity index (χ4n) is 4.34. The molecule has 1 aromatic rings. The highest BCUT2D eigenvalue weighted by Gasteiger charge is 2.33. The lowest BCUT2D eigenvalue weighted by Gasteiger charge is -2.38. The molecule has 2 saturated heterocycles. The standard InChI is InChI=1S/C22H32FN3O2/c1-3-7-21(27)26-13-5-4-9-19(26)22(28)24-17-8-6-12-25(15-17)20-14-16(2)10-11-18(20)23/h10-11,14,17,19H,3-9,12-13,15H2,1-2H3,(H,24,28). The summed E-state index contributed by atoms with van der Waals surface area (Å²) < 4.78 is 14.3. The molecular formula is C22H32FN3O2. The summed E-state index contributed by atoms with van der Waals surface area (Å²) in [6.45, 7) is 6.00. The Labute approximate surface area is 167 Å². The van der Waals surface area contributed by atoms with Crippen molar-refractivity contribution in [3.05, 3.63) is 29.6 Å². The molecule has 0 aliphatic carbocycles. The predicted molar refractivity (Wildman–Crippen MR) is 109 cm³/mol. The van der Waals surface area contributed by atoms with E-state index in [1.54, 1.807) is 11.0 Å². The van der Waals surface area contributed by atoms with E-state index < -0.39 is 0 Å². The van der Waals surface area contributed by atoms with Crippen LogP contribution in [0.4, 0.5) is 10.1 Å². The van der Waals surface area contributed by atoms with E-state index in [2.05, 4.69) is 5.32 Å². The molecule has 154 valence electrons. The molecule has 2 unspecified atom stereocenters. The fourth-order valence-corrected chi connectivity index (χ4v) is 4.34. The summed E-state index contributed by atoms with van der Waals surface area (Å²) in [5.41, 5.74) is 1.63. The van der Waals surface area contributed by atoms with E-state index in [4.69, 9.17) is 0 Å². The van der Waals surface area contributed by atoms with E-state index in [1.807, 2.05) is 24.8 Å². The Morgan fingerprint density at radius 3 is 2.79 bits per heavy atom. The van der Waals surface area contributed by atoms with Gasteiger partial charge in [-0.25, -0.2) is 4.39 Å². The van der Waals surface area contributed by atoms with E-state index in [9.17, 15) is 14.0 Å². The van der Waals surface area contributed by atoms with Crippen LogP contribution in [0.15, 0.2) is 18.2 Å². The minimum Gasteiger partial charge on any atom is -0.367 e. The Balaban J connectivity index is 1.64. The number of aryl methyl sites for hydroxylation is 1. The zero-order chi connectivity index (χ0) is 20.1. The summed E-state index contributed by atoms with van der Waals surface area (Å²) in [4.78, 5) is 29.2. The topological polar surface area (TPSA) is 52.7 Å². The number of piperidine rings is 2. The van der Waals surface area contributed by atoms with Crippen LogP contribution in [0.1, 0.15) is 57.4 Å². The summed E-state index contributed by atoms with van der Waals surface area (Å²) in [5, 5.41) is 3.15. The number of nitrogens with zero attached hydrogens (tertiary/aromatic N) is 2. The molecule has 2 atom stereocenters. The Morgan fingerprint density at radius 2 is 2.00 bits per heavy atom. The van der Waals surface area contributed by atoms with Crippen molar-refractivity contribution in [1.82, 2.24) is 10.2 Å². The third-order valence-corrected chi connectivity index (χ3v) is 5.80. The maximum Gasteiger partial charge on any atom is 0.243 e. The number of carbonyl (C=O) groups excluding carboxylic acids is 2. The second kappa shape index (κ2) is 9.39. The Morgan fingerprint density at radius 1 is 1.18 bits per heavy atom. The summed E-state index contributed by atoms with van der Waals surface area (Å²) in [6.07, 6.45) is 5.73. The van der Waals surface area contributed by atoms with Crippen LogP contribution in [0.2, 0.25) is 0 Å². The van der Waals surface area contributed by atoms with Gasteiger partial charge in [0.1, 0.15) is 11.9 Å². The largest absolute Gasteiger partial charge is 0.367 e. The van der Waals surface area contributed by atoms with Crippen LogP contribution in [0.3, 0.4) is 0 Å². The first-order chi connectivity index (χ1) is 13.5. The summed E-state index contributed by atoms with van der Waals surface area (Å²) in [5.74, 6) is -0.198. The van der Waals surface area contributed by atoms with E-state index in [-0.39, 0.29) is 29.7 Å². The first kappa shape index (κ1) is 20.6. The maximum atomic E-state index is 14.3. The average molecular weight is 390 g/mol. The Hall–Kier alpha value is -2.11. The van der Waals surface area contributed by atoms with Gasteiger partial charge in [0.15, 0.2) is 0 Å². The molecule has 2 fully saturated rings. The van der Waals surface area contributed by atoms with Crippen LogP contribution in [-0.4, -0.2) is 48.4 Å². The van der Waals surface area contributed by atoms with Crippen molar-refractivity contribution >= 4 is 17.5 Å². The number of carbonyl (C=O) groups is 2. The highest BCUT2D eigenvalue weighted by Crippen LogP contribution is 2.25. The van der Waals surface area contributed by atoms with Crippen molar-refractivity contribution in [1.29, 1.82) is 0 Å². The van der Waals surface area contributed by atoms with Gasteiger partial charge in [-0.15, -0.1) is 0 Å². The van der Waals surface area contributed by atoms with Gasteiger partial charge in [-0.2, -0.15) is 0 Å². The number of likely N-dealkylation sites (tertiary alicyclic amines) is 1. The number of hydrogen-bond acceptors (Lipinski definition) is 3. The van der Waals surface area contributed by atoms with E-state index in [1.165, 1.54) is 6.07 Å². The summed E-state index contributed by atoms with van der Waals surface area (Å²) in [7, 11) is 0. The maximum absolute atomic E-state index is 14.3. The molecule has 3 rings (SSSR count). The number of nitrogens with one attached hydrogen (secondary N) is 1. The van der Waals surface area contributed by atoms with Gasteiger partial charge >= 0.3 is 0 Å². The third-order valence-electron chi connectivity index (χ3n) is 5.80. The second-order valence-electron chi connectivity index (χ2n) is 8.10. The summed E-state index contributed by atoms with van der Waals surface area (Å²) >= 11 is 0. The molecule has 0 radical (unpaired) electrons. The highest BCUT2D eigenvalue weighted by atomic mass is 19.1. The molecule has 1 aromatic carbocycles. The minimum absolute atomic E-state index is 0.0220. The predicted octanol–water partition coefficient (Wildman–Crippen LogP) is 3.40. The van der Waals surface area contributed by atoms with Crippen LogP contribution >= 0.6 is 0 Å². The van der Waals surface area contributed by atoms with Crippen molar-refractivity contribution < 1.29 is 14.0 Å². The van der Waals surface area contributed by atoms with E-state index in [0.717, 1.165) is 50.6 Å². The van der Waals surface area contributed by atoms with E-state index >= 15 is 0 Å². The van der Waals surface area contributed by atoms with Gasteiger partial charge < -0.3 is 15.1 Å². The zero-order valence-corrected chi connectivity index (χ0v) is 17.0. The number of halogens is 1. The lowest BCUT2D eigenvalue weighted by Crippen LogP contribution is -2.56. The van der Waals surface area contributed by atoms with Gasteiger partial charge in [0.05, 0.1) is 5.69 Å². The van der Waals surface area contributed by atoms with Crippen LogP contribution in [0, 0.1) is 12.7 Å². The number of hydrogen-bond donors (Lipinski definition) is 1. The highest BCUT2D eigenvalue weighted by molar-refractivity contribution is 5.88. The number of amides is 2. The first-order valence-corrected chi connectivity index (χ1v) is 10.6. The molecule has 2 aliphatic rings. The molecule has 0 aromatic heterocycles. The second-order valence-corrected chi connectivity index (χ2v) is 8.10. The molecule has 0 spiro atoms. The fraction of sp³-hybridized carbons (Fsp3) is 0.636.